The molecule has 6 aliphatic rings. The van der Waals surface area contributed by atoms with Crippen LogP contribution in [-0.2, 0) is 62.3 Å². The molecule has 82 heavy (non-hydrogen) atoms. The Morgan fingerprint density at radius 3 is 1.45 bits per heavy atom. The minimum atomic E-state index is -1.22. The van der Waals surface area contributed by atoms with E-state index < -0.39 is 46.6 Å². The first-order chi connectivity index (χ1) is 38.5. The number of hydrogen-bond acceptors (Lipinski definition) is 18. The molecule has 6 aliphatic heterocycles. The summed E-state index contributed by atoms with van der Waals surface area (Å²) >= 11 is 0. The average Bonchev–Trinajstić information content (AvgIpc) is 3.30. The Kier molecular flexibility index (Phi) is 16.7. The zero-order valence-corrected chi connectivity index (χ0v) is 50.1. The highest BCUT2D eigenvalue weighted by Gasteiger charge is 2.40. The fourth-order valence-electron chi connectivity index (χ4n) is 10.6. The van der Waals surface area contributed by atoms with E-state index in [1.807, 2.05) is 120 Å². The number of carboxylic acids is 2. The minimum Gasteiger partial charge on any atom is -0.495 e. The maximum atomic E-state index is 12.6. The summed E-state index contributed by atoms with van der Waals surface area (Å²) in [4.78, 5) is 39.2. The van der Waals surface area contributed by atoms with Crippen LogP contribution in [0.3, 0.4) is 0 Å². The monoisotopic (exact) mass is 1130 g/mol. The van der Waals surface area contributed by atoms with Crippen LogP contribution in [0.5, 0.6) is 0 Å². The van der Waals surface area contributed by atoms with E-state index in [1.165, 1.54) is 0 Å². The minimum absolute atomic E-state index is 0.296. The third kappa shape index (κ3) is 13.6. The van der Waals surface area contributed by atoms with Crippen LogP contribution in [0.25, 0.3) is 11.3 Å². The first-order valence-electron chi connectivity index (χ1n) is 28.3. The van der Waals surface area contributed by atoms with Gasteiger partial charge in [0.05, 0.1) is 90.5 Å². The Hall–Kier alpha value is -7.02. The van der Waals surface area contributed by atoms with Crippen molar-refractivity contribution in [2.24, 2.45) is 0 Å². The maximum Gasteiger partial charge on any atom is 0.337 e. The molecule has 12 bridgehead atoms. The number of aliphatic carboxylic acids is 2. The van der Waals surface area contributed by atoms with Gasteiger partial charge >= 0.3 is 11.9 Å². The van der Waals surface area contributed by atoms with Crippen LogP contribution in [0.1, 0.15) is 179 Å². The van der Waals surface area contributed by atoms with Crippen LogP contribution in [0.2, 0.25) is 0 Å². The average molecular weight is 1140 g/mol. The molecule has 0 amide bonds. The van der Waals surface area contributed by atoms with Crippen LogP contribution in [-0.4, -0.2) is 143 Å². The smallest absolute Gasteiger partial charge is 0.337 e. The molecule has 24 nitrogen and oxygen atoms in total. The number of nitrogens with zero attached hydrogens (tertiary/aromatic N) is 14. The summed E-state index contributed by atoms with van der Waals surface area (Å²) in [5.41, 5.74) is 3.00. The number of anilines is 2. The second kappa shape index (κ2) is 23.0. The van der Waals surface area contributed by atoms with Gasteiger partial charge in [0.15, 0.2) is 23.5 Å². The first kappa shape index (κ1) is 59.6. The lowest BCUT2D eigenvalue weighted by Crippen LogP contribution is -2.46. The fraction of sp³-hybridized carbons (Fsp3) is 0.621. The number of aromatic nitrogens is 12. The lowest BCUT2D eigenvalue weighted by molar-refractivity contribution is -0.161. The molecule has 2 saturated heterocycles. The first-order valence-corrected chi connectivity index (χ1v) is 28.3. The van der Waals surface area contributed by atoms with Crippen molar-refractivity contribution in [1.82, 2.24) is 59.2 Å². The van der Waals surface area contributed by atoms with Crippen LogP contribution in [0, 0.1) is 13.8 Å². The summed E-state index contributed by atoms with van der Waals surface area (Å²) in [6.45, 7) is 31.3. The molecular formula is C58H82N14O10. The van der Waals surface area contributed by atoms with Gasteiger partial charge in [0.2, 0.25) is 0 Å². The maximum absolute atomic E-state index is 12.6. The molecule has 0 unspecified atom stereocenters. The highest BCUT2D eigenvalue weighted by Crippen LogP contribution is 2.40. The second-order valence-corrected chi connectivity index (χ2v) is 25.3. The van der Waals surface area contributed by atoms with Gasteiger partial charge in [-0.05, 0) is 135 Å². The summed E-state index contributed by atoms with van der Waals surface area (Å²) in [6, 6.07) is 3.81. The lowest BCUT2D eigenvalue weighted by Gasteiger charge is -2.41. The highest BCUT2D eigenvalue weighted by molar-refractivity contribution is 5.79. The number of aryl methyl sites for hydroxylation is 2. The lowest BCUT2D eigenvalue weighted by atomic mass is 9.92. The third-order valence-electron chi connectivity index (χ3n) is 15.2. The molecule has 12 heterocycles. The summed E-state index contributed by atoms with van der Waals surface area (Å²) in [6.07, 6.45) is 13.2. The van der Waals surface area contributed by atoms with Crippen molar-refractivity contribution >= 4 is 34.9 Å². The Morgan fingerprint density at radius 1 is 0.598 bits per heavy atom. The molecule has 24 heteroatoms. The molecule has 0 aliphatic carbocycles. The number of carbonyl (C=O) groups is 2. The van der Waals surface area contributed by atoms with Gasteiger partial charge in [-0.15, -0.1) is 10.2 Å². The largest absolute Gasteiger partial charge is 0.495 e. The number of carboxylic acid groups (broad SMARTS) is 2. The highest BCUT2D eigenvalue weighted by atomic mass is 16.5. The Morgan fingerprint density at radius 2 is 1.01 bits per heavy atom. The van der Waals surface area contributed by atoms with E-state index in [0.29, 0.717) is 110 Å². The fourth-order valence-corrected chi connectivity index (χ4v) is 10.6. The molecule has 0 spiro atoms. The number of rotatable bonds is 6. The molecular weight excluding hydrogens is 1050 g/mol. The summed E-state index contributed by atoms with van der Waals surface area (Å²) in [5, 5.41) is 47.8. The van der Waals surface area contributed by atoms with E-state index >= 15 is 0 Å². The van der Waals surface area contributed by atoms with Crippen LogP contribution >= 0.6 is 0 Å². The van der Waals surface area contributed by atoms with Gasteiger partial charge in [-0.3, -0.25) is 0 Å². The van der Waals surface area contributed by atoms with Crippen molar-refractivity contribution in [3.8, 4) is 0 Å². The van der Waals surface area contributed by atoms with E-state index in [2.05, 4.69) is 44.3 Å². The van der Waals surface area contributed by atoms with E-state index in [1.54, 1.807) is 30.9 Å². The van der Waals surface area contributed by atoms with Crippen molar-refractivity contribution in [3.05, 3.63) is 94.5 Å². The van der Waals surface area contributed by atoms with Crippen molar-refractivity contribution < 1.29 is 48.2 Å². The van der Waals surface area contributed by atoms with Gasteiger partial charge in [-0.1, -0.05) is 10.4 Å². The van der Waals surface area contributed by atoms with E-state index in [9.17, 15) is 19.8 Å². The Labute approximate surface area is 478 Å². The predicted molar refractivity (Wildman–Crippen MR) is 303 cm³/mol. The van der Waals surface area contributed by atoms with Crippen molar-refractivity contribution in [2.75, 3.05) is 49.2 Å². The third-order valence-corrected chi connectivity index (χ3v) is 15.2. The number of piperidine rings is 2. The SMILES string of the molecule is Cc1nc2cc3nn2c(c1[C@H](OC(C)(C)C)C(=O)O)N1CCC(C)(CC1)OC=CCCOC(C)(C)c1cn(nn1)C3.Cc1nc2cc3nn2c(c1[C@H](OC(C)(C)C)C(=O)O)N1CCC(C)(CC1)OCCC=COC(C)(C)c1cn(nn1)C3. The summed E-state index contributed by atoms with van der Waals surface area (Å²) < 4.78 is 43.9. The molecule has 0 saturated carbocycles. The quantitative estimate of drug-likeness (QED) is 0.159. The van der Waals surface area contributed by atoms with Crippen molar-refractivity contribution in [3.63, 3.8) is 0 Å². The van der Waals surface area contributed by atoms with Crippen molar-refractivity contribution in [2.45, 2.75) is 194 Å². The Bertz CT molecular complexity index is 3320. The molecule has 0 radical (unpaired) electrons. The molecule has 2 atom stereocenters. The van der Waals surface area contributed by atoms with E-state index in [4.69, 9.17) is 48.6 Å². The van der Waals surface area contributed by atoms with Crippen LogP contribution in [0.15, 0.2) is 49.2 Å². The molecule has 2 N–H and O–H groups in total. The standard InChI is InChI=1S/2C29H41N7O5/c2*1-19-23(24(26(37)38)41-27(2,3)4)25-34-12-10-29(7,11-13-34)40-15-9-8-14-39-28(5,6)21-18-35(33-31-21)17-20-16-22(30-19)36(25)32-20/h9,15-16,18,24H,8,10-14,17H2,1-7H3,(H,37,38);8,14,16,18,24H,9-13,15,17H2,1-7H3,(H,37,38)/t2*24-/m00/s1. The Balaban J connectivity index is 0.000000198. The van der Waals surface area contributed by atoms with Gasteiger partial charge in [0.25, 0.3) is 0 Å². The van der Waals surface area contributed by atoms with Crippen molar-refractivity contribution in [1.29, 1.82) is 0 Å². The molecule has 6 aromatic rings. The van der Waals surface area contributed by atoms with Gasteiger partial charge in [-0.2, -0.15) is 19.2 Å². The van der Waals surface area contributed by atoms with E-state index in [-0.39, 0.29) is 11.2 Å². The predicted octanol–water partition coefficient (Wildman–Crippen LogP) is 8.33. The van der Waals surface area contributed by atoms with Gasteiger partial charge in [0, 0.05) is 62.5 Å². The number of ether oxygens (including phenoxy) is 6. The molecule has 444 valence electrons. The molecule has 2 fully saturated rings. The normalized spacial score (nSPS) is 19.9. The zero-order valence-electron chi connectivity index (χ0n) is 50.1. The molecule has 6 aromatic heterocycles. The second-order valence-electron chi connectivity index (χ2n) is 25.3. The topological polar surface area (TPSA) is 258 Å². The molecule has 0 aromatic carbocycles. The number of fused-ring (bicyclic) bond motifs is 14. The number of hydrogen-bond donors (Lipinski definition) is 2. The summed E-state index contributed by atoms with van der Waals surface area (Å²) in [5.74, 6) is -0.771. The van der Waals surface area contributed by atoms with Gasteiger partial charge in [-0.25, -0.2) is 28.9 Å². The van der Waals surface area contributed by atoms with Gasteiger partial charge < -0.3 is 48.4 Å². The van der Waals surface area contributed by atoms with Crippen LogP contribution < -0.4 is 9.80 Å². The van der Waals surface area contributed by atoms with Crippen LogP contribution in [0.4, 0.5) is 11.6 Å². The van der Waals surface area contributed by atoms with Gasteiger partial charge in [0.1, 0.15) is 39.8 Å². The van der Waals surface area contributed by atoms with E-state index in [0.717, 1.165) is 49.2 Å². The summed E-state index contributed by atoms with van der Waals surface area (Å²) in [7, 11) is 0. The molecule has 12 rings (SSSR count). The zero-order chi connectivity index (χ0) is 59.2.